The van der Waals surface area contributed by atoms with Crippen molar-refractivity contribution < 1.29 is 26.5 Å². The van der Waals surface area contributed by atoms with E-state index in [0.717, 1.165) is 10.6 Å². The van der Waals surface area contributed by atoms with Crippen LogP contribution in [0.1, 0.15) is 24.2 Å². The van der Waals surface area contributed by atoms with Gasteiger partial charge in [-0.2, -0.15) is 17.5 Å². The van der Waals surface area contributed by atoms with Crippen molar-refractivity contribution in [3.05, 3.63) is 64.0 Å². The number of fused-ring (bicyclic) bond motifs is 1. The van der Waals surface area contributed by atoms with E-state index >= 15 is 0 Å². The van der Waals surface area contributed by atoms with E-state index in [1.54, 1.807) is 25.1 Å². The third-order valence-electron chi connectivity index (χ3n) is 5.92. The van der Waals surface area contributed by atoms with Crippen LogP contribution in [0.5, 0.6) is 0 Å². The van der Waals surface area contributed by atoms with Crippen LogP contribution in [0.4, 0.5) is 18.9 Å². The number of benzene rings is 2. The van der Waals surface area contributed by atoms with Crippen LogP contribution in [0.3, 0.4) is 0 Å². The zero-order valence-electron chi connectivity index (χ0n) is 17.6. The lowest BCUT2D eigenvalue weighted by Gasteiger charge is -2.32. The lowest BCUT2D eigenvalue weighted by Crippen LogP contribution is -2.39. The molecule has 8 nitrogen and oxygen atoms in total. The van der Waals surface area contributed by atoms with Gasteiger partial charge in [-0.05, 0) is 43.4 Å². The van der Waals surface area contributed by atoms with Gasteiger partial charge >= 0.3 is 6.18 Å². The van der Waals surface area contributed by atoms with Crippen molar-refractivity contribution in [2.24, 2.45) is 5.92 Å². The van der Waals surface area contributed by atoms with Gasteiger partial charge in [0, 0.05) is 31.8 Å². The number of hydrogen-bond acceptors (Lipinski definition) is 5. The average Bonchev–Trinajstić information content (AvgIpc) is 3.13. The van der Waals surface area contributed by atoms with Gasteiger partial charge in [-0.15, -0.1) is 0 Å². The van der Waals surface area contributed by atoms with E-state index in [-0.39, 0.29) is 41.7 Å². The number of rotatable bonds is 5. The van der Waals surface area contributed by atoms with Crippen molar-refractivity contribution >= 4 is 26.7 Å². The molecule has 0 unspecified atom stereocenters. The highest BCUT2D eigenvalue weighted by molar-refractivity contribution is 7.89. The Balaban J connectivity index is 1.54. The number of hydrogen-bond donors (Lipinski definition) is 0. The molecule has 0 spiro atoms. The summed E-state index contributed by atoms with van der Waals surface area (Å²) in [4.78, 5) is 14.0. The molecule has 176 valence electrons. The summed E-state index contributed by atoms with van der Waals surface area (Å²) in [6.07, 6.45) is -3.89. The number of sulfonamides is 1. The number of aryl methyl sites for hydroxylation is 1. The lowest BCUT2D eigenvalue weighted by molar-refractivity contribution is -0.385. The van der Waals surface area contributed by atoms with Crippen LogP contribution in [-0.4, -0.2) is 40.3 Å². The van der Waals surface area contributed by atoms with E-state index < -0.39 is 26.9 Å². The normalized spacial score (nSPS) is 16.4. The van der Waals surface area contributed by atoms with Gasteiger partial charge in [0.2, 0.25) is 15.8 Å². The van der Waals surface area contributed by atoms with Gasteiger partial charge < -0.3 is 4.57 Å². The van der Waals surface area contributed by atoms with Crippen molar-refractivity contribution in [1.82, 2.24) is 13.9 Å². The van der Waals surface area contributed by atoms with Gasteiger partial charge in [-0.3, -0.25) is 10.1 Å². The molecule has 0 radical (unpaired) electrons. The third kappa shape index (κ3) is 4.44. The topological polar surface area (TPSA) is 98.3 Å². The SMILES string of the molecule is Cc1ccc([N+](=O)[O-])cc1S(=O)(=O)N1CCC(Cn2c(C(F)(F)F)nc3ccccc32)CC1. The first-order chi connectivity index (χ1) is 15.5. The molecule has 12 heteroatoms. The molecule has 0 atom stereocenters. The van der Waals surface area contributed by atoms with Crippen LogP contribution < -0.4 is 0 Å². The average molecular weight is 482 g/mol. The van der Waals surface area contributed by atoms with Gasteiger partial charge in [0.25, 0.3) is 5.69 Å². The molecule has 3 aromatic rings. The van der Waals surface area contributed by atoms with Crippen LogP contribution in [0.15, 0.2) is 47.4 Å². The van der Waals surface area contributed by atoms with E-state index in [4.69, 9.17) is 0 Å². The summed E-state index contributed by atoms with van der Waals surface area (Å²) >= 11 is 0. The Morgan fingerprint density at radius 1 is 1.15 bits per heavy atom. The molecule has 0 N–H and O–H groups in total. The Morgan fingerprint density at radius 2 is 1.82 bits per heavy atom. The van der Waals surface area contributed by atoms with E-state index in [0.29, 0.717) is 23.9 Å². The first-order valence-electron chi connectivity index (χ1n) is 10.3. The second-order valence-corrected chi connectivity index (χ2v) is 9.99. The Hall–Kier alpha value is -2.99. The molecular weight excluding hydrogens is 461 g/mol. The number of alkyl halides is 3. The number of imidazole rings is 1. The zero-order chi connectivity index (χ0) is 24.0. The van der Waals surface area contributed by atoms with Crippen molar-refractivity contribution in [2.45, 2.75) is 37.4 Å². The van der Waals surface area contributed by atoms with Crippen molar-refractivity contribution in [3.8, 4) is 0 Å². The van der Waals surface area contributed by atoms with Gasteiger partial charge in [-0.25, -0.2) is 13.4 Å². The maximum atomic E-state index is 13.6. The van der Waals surface area contributed by atoms with E-state index in [1.807, 2.05) is 0 Å². The summed E-state index contributed by atoms with van der Waals surface area (Å²) in [7, 11) is -3.97. The summed E-state index contributed by atoms with van der Waals surface area (Å²) < 4.78 is 69.3. The van der Waals surface area contributed by atoms with Gasteiger partial charge in [0.15, 0.2) is 0 Å². The number of halogens is 3. The van der Waals surface area contributed by atoms with E-state index in [9.17, 15) is 31.7 Å². The van der Waals surface area contributed by atoms with Crippen molar-refractivity contribution in [2.75, 3.05) is 13.1 Å². The Morgan fingerprint density at radius 3 is 2.45 bits per heavy atom. The summed E-state index contributed by atoms with van der Waals surface area (Å²) in [5, 5.41) is 11.1. The molecule has 0 aliphatic carbocycles. The monoisotopic (exact) mass is 482 g/mol. The molecule has 4 rings (SSSR count). The van der Waals surface area contributed by atoms with E-state index in [2.05, 4.69) is 4.98 Å². The molecule has 1 saturated heterocycles. The number of aromatic nitrogens is 2. The quantitative estimate of drug-likeness (QED) is 0.397. The van der Waals surface area contributed by atoms with E-state index in [1.165, 1.54) is 22.5 Å². The minimum Gasteiger partial charge on any atom is -0.320 e. The standard InChI is InChI=1S/C21H21F3N4O4S/c1-14-6-7-16(28(29)30)12-19(14)33(31,32)26-10-8-15(9-11-26)13-27-18-5-3-2-4-17(18)25-20(27)21(22,23)24/h2-7,12,15H,8-11,13H2,1H3. The molecule has 33 heavy (non-hydrogen) atoms. The smallest absolute Gasteiger partial charge is 0.320 e. The molecule has 0 amide bonds. The molecule has 1 aliphatic rings. The van der Waals surface area contributed by atoms with Gasteiger partial charge in [0.1, 0.15) is 0 Å². The highest BCUT2D eigenvalue weighted by Crippen LogP contribution is 2.34. The van der Waals surface area contributed by atoms with Crippen LogP contribution in [0, 0.1) is 23.0 Å². The number of piperidine rings is 1. The second kappa shape index (κ2) is 8.41. The summed E-state index contributed by atoms with van der Waals surface area (Å²) in [5.74, 6) is -1.15. The fourth-order valence-corrected chi connectivity index (χ4v) is 5.90. The van der Waals surface area contributed by atoms with Crippen LogP contribution >= 0.6 is 0 Å². The minimum absolute atomic E-state index is 0.0685. The third-order valence-corrected chi connectivity index (χ3v) is 7.96. The summed E-state index contributed by atoms with van der Waals surface area (Å²) in [6, 6.07) is 10.1. The Labute approximate surface area is 187 Å². The number of nitro groups is 1. The van der Waals surface area contributed by atoms with Crippen LogP contribution in [0.25, 0.3) is 11.0 Å². The molecule has 0 saturated carbocycles. The summed E-state index contributed by atoms with van der Waals surface area (Å²) in [5.41, 5.74) is 0.709. The molecule has 0 bridgehead atoms. The number of para-hydroxylation sites is 2. The van der Waals surface area contributed by atoms with Crippen LogP contribution in [0.2, 0.25) is 0 Å². The first-order valence-corrected chi connectivity index (χ1v) is 11.7. The van der Waals surface area contributed by atoms with Crippen molar-refractivity contribution in [1.29, 1.82) is 0 Å². The number of nitrogens with zero attached hydrogens (tertiary/aromatic N) is 4. The van der Waals surface area contributed by atoms with Gasteiger partial charge in [-0.1, -0.05) is 18.2 Å². The molecule has 2 aromatic carbocycles. The largest absolute Gasteiger partial charge is 0.449 e. The highest BCUT2D eigenvalue weighted by atomic mass is 32.2. The predicted molar refractivity (Wildman–Crippen MR) is 114 cm³/mol. The highest BCUT2D eigenvalue weighted by Gasteiger charge is 2.39. The Bertz CT molecular complexity index is 1310. The maximum Gasteiger partial charge on any atom is 0.449 e. The Kier molecular flexibility index (Phi) is 5.91. The fraction of sp³-hybridized carbons (Fsp3) is 0.381. The molecule has 1 fully saturated rings. The second-order valence-electron chi connectivity index (χ2n) is 8.09. The van der Waals surface area contributed by atoms with Crippen LogP contribution in [-0.2, 0) is 22.7 Å². The maximum absolute atomic E-state index is 13.6. The molecule has 1 aromatic heterocycles. The fourth-order valence-electron chi connectivity index (χ4n) is 4.19. The first kappa shape index (κ1) is 23.2. The predicted octanol–water partition coefficient (Wildman–Crippen LogP) is 4.37. The van der Waals surface area contributed by atoms with Crippen molar-refractivity contribution in [3.63, 3.8) is 0 Å². The minimum atomic E-state index is -4.61. The molecule has 2 heterocycles. The van der Waals surface area contributed by atoms with Gasteiger partial charge in [0.05, 0.1) is 20.9 Å². The lowest BCUT2D eigenvalue weighted by atomic mass is 9.98. The summed E-state index contributed by atoms with van der Waals surface area (Å²) in [6.45, 7) is 1.86. The zero-order valence-corrected chi connectivity index (χ0v) is 18.4. The molecular formula is C21H21F3N4O4S. The number of nitro benzene ring substituents is 1. The number of non-ortho nitro benzene ring substituents is 1. The molecule has 1 aliphatic heterocycles.